The highest BCUT2D eigenvalue weighted by atomic mass is 35.5. The summed E-state index contributed by atoms with van der Waals surface area (Å²) < 4.78 is 0. The van der Waals surface area contributed by atoms with Crippen molar-refractivity contribution in [3.8, 4) is 0 Å². The first-order valence-corrected chi connectivity index (χ1v) is 8.32. The predicted octanol–water partition coefficient (Wildman–Crippen LogP) is 4.78. The largest absolute Gasteiger partial charge is 0.326 e. The highest BCUT2D eigenvalue weighted by molar-refractivity contribution is 6.36. The van der Waals surface area contributed by atoms with E-state index in [2.05, 4.69) is 15.8 Å². The van der Waals surface area contributed by atoms with Crippen molar-refractivity contribution in [1.82, 2.24) is 5.43 Å². The third-order valence-corrected chi connectivity index (χ3v) is 3.87. The van der Waals surface area contributed by atoms with Gasteiger partial charge in [0.15, 0.2) is 0 Å². The van der Waals surface area contributed by atoms with Crippen LogP contribution in [-0.4, -0.2) is 17.5 Å². The number of hydrazone groups is 1. The molecule has 0 aromatic heterocycles. The van der Waals surface area contributed by atoms with Crippen molar-refractivity contribution in [2.24, 2.45) is 5.10 Å². The van der Waals surface area contributed by atoms with Crippen LogP contribution in [0.1, 0.15) is 23.7 Å². The second-order valence-corrected chi connectivity index (χ2v) is 6.42. The van der Waals surface area contributed by atoms with Gasteiger partial charge in [-0.1, -0.05) is 34.8 Å². The zero-order valence-corrected chi connectivity index (χ0v) is 15.4. The van der Waals surface area contributed by atoms with E-state index < -0.39 is 5.91 Å². The van der Waals surface area contributed by atoms with Crippen LogP contribution in [-0.2, 0) is 4.79 Å². The molecule has 0 fully saturated rings. The van der Waals surface area contributed by atoms with Crippen LogP contribution >= 0.6 is 34.8 Å². The number of hydrogen-bond acceptors (Lipinski definition) is 3. The molecular weight excluding hydrogens is 385 g/mol. The lowest BCUT2D eigenvalue weighted by Crippen LogP contribution is -2.21. The number of nitrogens with one attached hydrogen (secondary N) is 2. The number of anilines is 1. The molecule has 0 saturated carbocycles. The van der Waals surface area contributed by atoms with Gasteiger partial charge >= 0.3 is 0 Å². The molecule has 2 aromatic rings. The number of halogens is 3. The Morgan fingerprint density at radius 3 is 2.28 bits per heavy atom. The number of carbonyl (C=O) groups is 2. The Balaban J connectivity index is 1.91. The molecule has 0 heterocycles. The molecule has 2 rings (SSSR count). The second kappa shape index (κ2) is 8.85. The van der Waals surface area contributed by atoms with Crippen molar-refractivity contribution in [1.29, 1.82) is 0 Å². The molecule has 0 saturated heterocycles. The fourth-order valence-corrected chi connectivity index (χ4v) is 2.51. The van der Waals surface area contributed by atoms with E-state index in [9.17, 15) is 9.59 Å². The van der Waals surface area contributed by atoms with Crippen LogP contribution in [0.2, 0.25) is 15.1 Å². The first-order valence-electron chi connectivity index (χ1n) is 7.19. The van der Waals surface area contributed by atoms with Gasteiger partial charge in [-0.2, -0.15) is 5.10 Å². The Bertz CT molecular complexity index is 820. The lowest BCUT2D eigenvalue weighted by Gasteiger charge is -2.06. The van der Waals surface area contributed by atoms with Crippen LogP contribution in [0.25, 0.3) is 0 Å². The SMILES string of the molecule is CC(CC(=O)Nc1ccc(Cl)cc1)=NNC(=O)c1ccc(Cl)cc1Cl. The normalized spacial score (nSPS) is 11.1. The van der Waals surface area contributed by atoms with E-state index in [-0.39, 0.29) is 22.9 Å². The Morgan fingerprint density at radius 2 is 1.64 bits per heavy atom. The van der Waals surface area contributed by atoms with Crippen LogP contribution in [0.5, 0.6) is 0 Å². The van der Waals surface area contributed by atoms with Gasteiger partial charge in [0.05, 0.1) is 17.0 Å². The third-order valence-electron chi connectivity index (χ3n) is 3.07. The van der Waals surface area contributed by atoms with E-state index >= 15 is 0 Å². The molecule has 0 bridgehead atoms. The van der Waals surface area contributed by atoms with E-state index in [0.717, 1.165) is 0 Å². The minimum absolute atomic E-state index is 0.0251. The minimum Gasteiger partial charge on any atom is -0.326 e. The number of hydrogen-bond donors (Lipinski definition) is 2. The number of nitrogens with zero attached hydrogens (tertiary/aromatic N) is 1. The molecule has 0 spiro atoms. The average molecular weight is 399 g/mol. The number of carbonyl (C=O) groups excluding carboxylic acids is 2. The van der Waals surface area contributed by atoms with E-state index in [1.54, 1.807) is 37.3 Å². The molecule has 0 aliphatic rings. The van der Waals surface area contributed by atoms with Gasteiger partial charge in [-0.3, -0.25) is 9.59 Å². The molecule has 25 heavy (non-hydrogen) atoms. The van der Waals surface area contributed by atoms with Crippen molar-refractivity contribution >= 4 is 58.0 Å². The summed E-state index contributed by atoms with van der Waals surface area (Å²) in [6, 6.07) is 11.3. The van der Waals surface area contributed by atoms with Gasteiger partial charge in [0.1, 0.15) is 0 Å². The molecular formula is C17H14Cl3N3O2. The van der Waals surface area contributed by atoms with Crippen LogP contribution in [0.3, 0.4) is 0 Å². The first kappa shape index (κ1) is 19.2. The molecule has 130 valence electrons. The quantitative estimate of drug-likeness (QED) is 0.562. The second-order valence-electron chi connectivity index (χ2n) is 5.14. The van der Waals surface area contributed by atoms with Crippen LogP contribution in [0, 0.1) is 0 Å². The summed E-state index contributed by atoms with van der Waals surface area (Å²) in [6.45, 7) is 1.63. The van der Waals surface area contributed by atoms with Crippen molar-refractivity contribution in [3.63, 3.8) is 0 Å². The fraction of sp³-hybridized carbons (Fsp3) is 0.118. The van der Waals surface area contributed by atoms with Gasteiger partial charge in [0, 0.05) is 21.4 Å². The average Bonchev–Trinajstić information content (AvgIpc) is 2.54. The Morgan fingerprint density at radius 1 is 1.00 bits per heavy atom. The Labute approximate surface area is 160 Å². The third kappa shape index (κ3) is 6.05. The summed E-state index contributed by atoms with van der Waals surface area (Å²) in [7, 11) is 0. The molecule has 0 aliphatic carbocycles. The maximum absolute atomic E-state index is 12.0. The Kier molecular flexibility index (Phi) is 6.82. The predicted molar refractivity (Wildman–Crippen MR) is 102 cm³/mol. The van der Waals surface area contributed by atoms with E-state index in [4.69, 9.17) is 34.8 Å². The van der Waals surface area contributed by atoms with Gasteiger partial charge in [0.25, 0.3) is 5.91 Å². The maximum atomic E-state index is 12.0. The standard InChI is InChI=1S/C17H14Cl3N3O2/c1-10(8-16(24)21-13-5-2-11(18)3-6-13)22-23-17(25)14-7-4-12(19)9-15(14)20/h2-7,9H,8H2,1H3,(H,21,24)(H,23,25). The van der Waals surface area contributed by atoms with Gasteiger partial charge in [-0.05, 0) is 49.4 Å². The Hall–Kier alpha value is -2.08. The molecule has 0 radical (unpaired) electrons. The van der Waals surface area contributed by atoms with Crippen LogP contribution in [0.4, 0.5) is 5.69 Å². The van der Waals surface area contributed by atoms with Crippen molar-refractivity contribution in [3.05, 3.63) is 63.1 Å². The molecule has 0 unspecified atom stereocenters. The maximum Gasteiger partial charge on any atom is 0.272 e. The van der Waals surface area contributed by atoms with Gasteiger partial charge < -0.3 is 5.32 Å². The van der Waals surface area contributed by atoms with Crippen molar-refractivity contribution < 1.29 is 9.59 Å². The topological polar surface area (TPSA) is 70.6 Å². The zero-order chi connectivity index (χ0) is 18.4. The highest BCUT2D eigenvalue weighted by Gasteiger charge is 2.11. The summed E-state index contributed by atoms with van der Waals surface area (Å²) >= 11 is 17.5. The fourth-order valence-electron chi connectivity index (χ4n) is 1.89. The molecule has 2 N–H and O–H groups in total. The van der Waals surface area contributed by atoms with Crippen molar-refractivity contribution in [2.75, 3.05) is 5.32 Å². The van der Waals surface area contributed by atoms with Gasteiger partial charge in [0.2, 0.25) is 5.91 Å². The highest BCUT2D eigenvalue weighted by Crippen LogP contribution is 2.20. The van der Waals surface area contributed by atoms with E-state index in [1.807, 2.05) is 0 Å². The van der Waals surface area contributed by atoms with Gasteiger partial charge in [-0.25, -0.2) is 5.43 Å². The van der Waals surface area contributed by atoms with Crippen LogP contribution in [0.15, 0.2) is 47.6 Å². The monoisotopic (exact) mass is 397 g/mol. The molecule has 2 amide bonds. The van der Waals surface area contributed by atoms with E-state index in [1.165, 1.54) is 12.1 Å². The smallest absolute Gasteiger partial charge is 0.272 e. The molecule has 0 atom stereocenters. The molecule has 8 heteroatoms. The number of amides is 2. The lowest BCUT2D eigenvalue weighted by atomic mass is 10.2. The van der Waals surface area contributed by atoms with Crippen LogP contribution < -0.4 is 10.7 Å². The summed E-state index contributed by atoms with van der Waals surface area (Å²) in [5.41, 5.74) is 3.66. The minimum atomic E-state index is -0.487. The lowest BCUT2D eigenvalue weighted by molar-refractivity contribution is -0.115. The summed E-state index contributed by atoms with van der Waals surface area (Å²) in [4.78, 5) is 24.0. The molecule has 2 aromatic carbocycles. The molecule has 0 aliphatic heterocycles. The van der Waals surface area contributed by atoms with E-state index in [0.29, 0.717) is 21.4 Å². The molecule has 5 nitrogen and oxygen atoms in total. The first-order chi connectivity index (χ1) is 11.8. The summed E-state index contributed by atoms with van der Waals surface area (Å²) in [6.07, 6.45) is 0.0251. The van der Waals surface area contributed by atoms with Crippen molar-refractivity contribution in [2.45, 2.75) is 13.3 Å². The number of rotatable bonds is 5. The summed E-state index contributed by atoms with van der Waals surface area (Å²) in [5.74, 6) is -0.749. The van der Waals surface area contributed by atoms with Gasteiger partial charge in [-0.15, -0.1) is 0 Å². The number of benzene rings is 2. The summed E-state index contributed by atoms with van der Waals surface area (Å²) in [5, 5.41) is 7.85. The zero-order valence-electron chi connectivity index (χ0n) is 13.1.